The van der Waals surface area contributed by atoms with E-state index >= 15 is 0 Å². The topological polar surface area (TPSA) is 87.0 Å². The highest BCUT2D eigenvalue weighted by Gasteiger charge is 2.32. The molecule has 0 amide bonds. The number of carbonyl (C=O) groups is 2. The second-order valence-corrected chi connectivity index (χ2v) is 6.32. The summed E-state index contributed by atoms with van der Waals surface area (Å²) in [6.45, 7) is 3.76. The highest BCUT2D eigenvalue weighted by molar-refractivity contribution is 7.99. The van der Waals surface area contributed by atoms with Gasteiger partial charge in [-0.15, -0.1) is 21.5 Å². The third-order valence-electron chi connectivity index (χ3n) is 2.74. The Balaban J connectivity index is 2.12. The zero-order valence-electron chi connectivity index (χ0n) is 12.5. The molecule has 0 bridgehead atoms. The van der Waals surface area contributed by atoms with E-state index < -0.39 is 11.9 Å². The average Bonchev–Trinajstić information content (AvgIpc) is 3.06. The van der Waals surface area contributed by atoms with Crippen molar-refractivity contribution in [2.45, 2.75) is 24.9 Å². The van der Waals surface area contributed by atoms with Crippen molar-refractivity contribution < 1.29 is 14.3 Å². The van der Waals surface area contributed by atoms with Gasteiger partial charge in [0.15, 0.2) is 16.9 Å². The fourth-order valence-corrected chi connectivity index (χ4v) is 3.42. The molecule has 0 aliphatic heterocycles. The molecule has 22 heavy (non-hydrogen) atoms. The van der Waals surface area contributed by atoms with Gasteiger partial charge in [-0.25, -0.2) is 4.98 Å². The van der Waals surface area contributed by atoms with E-state index in [4.69, 9.17) is 4.74 Å². The van der Waals surface area contributed by atoms with Crippen molar-refractivity contribution in [1.82, 2.24) is 19.7 Å². The first-order valence-corrected chi connectivity index (χ1v) is 8.47. The van der Waals surface area contributed by atoms with E-state index in [1.807, 2.05) is 12.3 Å². The smallest absolute Gasteiger partial charge is 0.323 e. The van der Waals surface area contributed by atoms with Crippen LogP contribution in [0, 0.1) is 6.92 Å². The molecule has 2 rings (SSSR count). The van der Waals surface area contributed by atoms with Gasteiger partial charge in [-0.2, -0.15) is 0 Å². The molecule has 0 saturated carbocycles. The van der Waals surface area contributed by atoms with E-state index in [-0.39, 0.29) is 18.1 Å². The number of ether oxygens (including phenoxy) is 1. The van der Waals surface area contributed by atoms with Crippen LogP contribution in [0.5, 0.6) is 0 Å². The Morgan fingerprint density at radius 1 is 1.50 bits per heavy atom. The third-order valence-corrected chi connectivity index (χ3v) is 4.83. The van der Waals surface area contributed by atoms with E-state index in [2.05, 4.69) is 15.2 Å². The number of nitrogens with zero attached hydrogens (tertiary/aromatic N) is 4. The number of ketones is 1. The average molecular weight is 340 g/mol. The molecular formula is C13H16N4O3S2. The molecule has 0 saturated heterocycles. The lowest BCUT2D eigenvalue weighted by atomic mass is 10.1. The van der Waals surface area contributed by atoms with Crippen molar-refractivity contribution in [1.29, 1.82) is 0 Å². The van der Waals surface area contributed by atoms with Gasteiger partial charge < -0.3 is 9.30 Å². The molecule has 0 aromatic carbocycles. The Kier molecular flexibility index (Phi) is 5.67. The summed E-state index contributed by atoms with van der Waals surface area (Å²) in [5.41, 5.74) is 0.781. The van der Waals surface area contributed by atoms with Gasteiger partial charge in [0.2, 0.25) is 0 Å². The maximum Gasteiger partial charge on any atom is 0.323 e. The number of esters is 1. The van der Waals surface area contributed by atoms with Crippen molar-refractivity contribution in [3.8, 4) is 0 Å². The summed E-state index contributed by atoms with van der Waals surface area (Å²) in [6.07, 6.45) is 1.56. The molecule has 0 unspecified atom stereocenters. The molecule has 7 nitrogen and oxygen atoms in total. The molecule has 0 aliphatic rings. The van der Waals surface area contributed by atoms with E-state index in [1.165, 1.54) is 23.1 Å². The van der Waals surface area contributed by atoms with Crippen LogP contribution in [0.2, 0.25) is 0 Å². The normalized spacial score (nSPS) is 12.1. The minimum Gasteiger partial charge on any atom is -0.465 e. The molecule has 0 fully saturated rings. The van der Waals surface area contributed by atoms with Gasteiger partial charge in [-0.3, -0.25) is 9.59 Å². The summed E-state index contributed by atoms with van der Waals surface area (Å²) in [4.78, 5) is 28.8. The Bertz CT molecular complexity index is 668. The molecular weight excluding hydrogens is 324 g/mol. The summed E-state index contributed by atoms with van der Waals surface area (Å²) in [6, 6.07) is 0. The quantitative estimate of drug-likeness (QED) is 0.430. The van der Waals surface area contributed by atoms with Crippen molar-refractivity contribution in [2.75, 3.05) is 12.4 Å². The lowest BCUT2D eigenvalue weighted by molar-refractivity contribution is -0.147. The highest BCUT2D eigenvalue weighted by atomic mass is 32.2. The van der Waals surface area contributed by atoms with E-state index in [9.17, 15) is 9.59 Å². The molecule has 2 heterocycles. The van der Waals surface area contributed by atoms with Gasteiger partial charge in [0.05, 0.1) is 12.4 Å². The lowest BCUT2D eigenvalue weighted by Crippen LogP contribution is -2.25. The number of hydrogen-bond acceptors (Lipinski definition) is 8. The summed E-state index contributed by atoms with van der Waals surface area (Å²) in [5.74, 6) is -1.67. The van der Waals surface area contributed by atoms with Gasteiger partial charge in [-0.1, -0.05) is 11.8 Å². The molecule has 0 N–H and O–H groups in total. The second-order valence-electron chi connectivity index (χ2n) is 4.49. The number of hydrogen-bond donors (Lipinski definition) is 0. The number of thiazole rings is 1. The zero-order chi connectivity index (χ0) is 16.1. The number of thioether (sulfide) groups is 1. The predicted octanol–water partition coefficient (Wildman–Crippen LogP) is 1.59. The van der Waals surface area contributed by atoms with Crippen LogP contribution in [0.3, 0.4) is 0 Å². The number of Topliss-reactive ketones (excluding diaryl/α,β-unsaturated/α-hetero) is 1. The number of aromatic nitrogens is 4. The van der Waals surface area contributed by atoms with Crippen LogP contribution in [-0.2, 0) is 21.4 Å². The van der Waals surface area contributed by atoms with Crippen molar-refractivity contribution >= 4 is 34.9 Å². The van der Waals surface area contributed by atoms with Crippen LogP contribution in [0.4, 0.5) is 0 Å². The Morgan fingerprint density at radius 2 is 2.27 bits per heavy atom. The van der Waals surface area contributed by atoms with E-state index in [1.54, 1.807) is 24.9 Å². The van der Waals surface area contributed by atoms with Gasteiger partial charge in [0.1, 0.15) is 11.3 Å². The van der Waals surface area contributed by atoms with Crippen LogP contribution in [0.25, 0.3) is 0 Å². The van der Waals surface area contributed by atoms with Crippen LogP contribution < -0.4 is 0 Å². The first-order chi connectivity index (χ1) is 10.5. The van der Waals surface area contributed by atoms with Gasteiger partial charge in [0, 0.05) is 18.1 Å². The summed E-state index contributed by atoms with van der Waals surface area (Å²) < 4.78 is 6.73. The maximum absolute atomic E-state index is 12.5. The molecule has 2 aromatic heterocycles. The Labute approximate surface area is 136 Å². The number of rotatable bonds is 7. The zero-order valence-corrected chi connectivity index (χ0v) is 14.1. The Hall–Kier alpha value is -1.74. The number of carbonyl (C=O) groups excluding carboxylic acids is 2. The predicted molar refractivity (Wildman–Crippen MR) is 83.0 cm³/mol. The van der Waals surface area contributed by atoms with Crippen LogP contribution in [0.1, 0.15) is 23.5 Å². The second kappa shape index (κ2) is 7.50. The first kappa shape index (κ1) is 16.6. The Morgan fingerprint density at radius 3 is 2.82 bits per heavy atom. The van der Waals surface area contributed by atoms with Crippen LogP contribution in [0.15, 0.2) is 16.9 Å². The molecule has 9 heteroatoms. The largest absolute Gasteiger partial charge is 0.465 e. The van der Waals surface area contributed by atoms with E-state index in [0.717, 1.165) is 5.69 Å². The molecule has 0 radical (unpaired) electrons. The SMILES string of the molecule is CCOC(=O)[C@H](C(=O)CSc1nncn1C)c1nc(C)cs1. The molecule has 118 valence electrons. The van der Waals surface area contributed by atoms with Crippen LogP contribution in [-0.4, -0.2) is 43.9 Å². The molecule has 1 atom stereocenters. The fourth-order valence-electron chi connectivity index (χ4n) is 1.72. The summed E-state index contributed by atoms with van der Waals surface area (Å²) in [5, 5.41) is 10.5. The van der Waals surface area contributed by atoms with Crippen molar-refractivity contribution in [3.05, 3.63) is 22.4 Å². The van der Waals surface area contributed by atoms with Gasteiger partial charge >= 0.3 is 5.97 Å². The van der Waals surface area contributed by atoms with Crippen LogP contribution >= 0.6 is 23.1 Å². The van der Waals surface area contributed by atoms with Crippen molar-refractivity contribution in [2.24, 2.45) is 7.05 Å². The van der Waals surface area contributed by atoms with Gasteiger partial charge in [0.25, 0.3) is 0 Å². The third kappa shape index (κ3) is 3.92. The fraction of sp³-hybridized carbons (Fsp3) is 0.462. The minimum absolute atomic E-state index is 0.106. The number of aryl methyl sites for hydroxylation is 2. The molecule has 0 aliphatic carbocycles. The maximum atomic E-state index is 12.5. The standard InChI is InChI=1S/C13H16N4O3S2/c1-4-20-12(19)10(11-15-8(2)5-21-11)9(18)6-22-13-16-14-7-17(13)3/h5,7,10H,4,6H2,1-3H3/t10-/m1/s1. The highest BCUT2D eigenvalue weighted by Crippen LogP contribution is 2.25. The molecule has 2 aromatic rings. The minimum atomic E-state index is -0.973. The molecule has 0 spiro atoms. The van der Waals surface area contributed by atoms with Crippen molar-refractivity contribution in [3.63, 3.8) is 0 Å². The first-order valence-electron chi connectivity index (χ1n) is 6.61. The van der Waals surface area contributed by atoms with E-state index in [0.29, 0.717) is 10.2 Å². The monoisotopic (exact) mass is 340 g/mol. The lowest BCUT2D eigenvalue weighted by Gasteiger charge is -2.11. The summed E-state index contributed by atoms with van der Waals surface area (Å²) >= 11 is 2.53. The summed E-state index contributed by atoms with van der Waals surface area (Å²) in [7, 11) is 1.79. The van der Waals surface area contributed by atoms with Gasteiger partial charge in [-0.05, 0) is 13.8 Å².